The number of carbonyl (C=O) groups excluding carboxylic acids is 2. The number of nitrogens with one attached hydrogen (secondary N) is 1. The molecule has 1 aliphatic rings. The van der Waals surface area contributed by atoms with Crippen LogP contribution >= 0.6 is 0 Å². The molecule has 1 aromatic carbocycles. The summed E-state index contributed by atoms with van der Waals surface area (Å²) in [6.07, 6.45) is 5.30. The Morgan fingerprint density at radius 1 is 1.33 bits per heavy atom. The van der Waals surface area contributed by atoms with E-state index in [4.69, 9.17) is 5.73 Å². The fourth-order valence-electron chi connectivity index (χ4n) is 2.09. The van der Waals surface area contributed by atoms with Gasteiger partial charge in [0.1, 0.15) is 6.04 Å². The van der Waals surface area contributed by atoms with Crippen molar-refractivity contribution in [3.8, 4) is 0 Å². The van der Waals surface area contributed by atoms with E-state index >= 15 is 0 Å². The Morgan fingerprint density at radius 3 is 2.62 bits per heavy atom. The Balaban J connectivity index is 2.38. The molecule has 2 rings (SSSR count). The normalized spacial score (nSPS) is 19.8. The maximum Gasteiger partial charge on any atom is 0.253 e. The van der Waals surface area contributed by atoms with Gasteiger partial charge in [0.15, 0.2) is 0 Å². The fourth-order valence-corrected chi connectivity index (χ4v) is 2.09. The summed E-state index contributed by atoms with van der Waals surface area (Å²) in [6, 6.07) is 8.08. The van der Waals surface area contributed by atoms with Crippen molar-refractivity contribution in [1.29, 1.82) is 0 Å². The lowest BCUT2D eigenvalue weighted by atomic mass is 9.97. The first kappa shape index (κ1) is 15.0. The van der Waals surface area contributed by atoms with E-state index in [9.17, 15) is 9.59 Å². The second-order valence-corrected chi connectivity index (χ2v) is 5.01. The number of nitrogens with two attached hydrogens (primary N) is 1. The van der Waals surface area contributed by atoms with Crippen molar-refractivity contribution in [1.82, 2.24) is 10.2 Å². The molecular weight excluding hydrogens is 266 g/mol. The van der Waals surface area contributed by atoms with Gasteiger partial charge >= 0.3 is 0 Å². The van der Waals surface area contributed by atoms with Crippen molar-refractivity contribution in [2.45, 2.75) is 19.0 Å². The summed E-state index contributed by atoms with van der Waals surface area (Å²) >= 11 is 0. The minimum absolute atomic E-state index is 0.201. The summed E-state index contributed by atoms with van der Waals surface area (Å²) in [6.45, 7) is 1.59. The van der Waals surface area contributed by atoms with Crippen LogP contribution in [0.3, 0.4) is 0 Å². The molecule has 5 heteroatoms. The molecule has 1 heterocycles. The summed E-state index contributed by atoms with van der Waals surface area (Å²) in [5.41, 5.74) is 7.22. The van der Waals surface area contributed by atoms with Gasteiger partial charge in [0.25, 0.3) is 5.91 Å². The highest BCUT2D eigenvalue weighted by Crippen LogP contribution is 2.22. The predicted octanol–water partition coefficient (Wildman–Crippen LogP) is 0.888. The number of likely N-dealkylation sites (N-methyl/N-ethyl adjacent to an activating group) is 1. The van der Waals surface area contributed by atoms with Gasteiger partial charge in [0.05, 0.1) is 6.04 Å². The summed E-state index contributed by atoms with van der Waals surface area (Å²) in [4.78, 5) is 25.8. The van der Waals surface area contributed by atoms with Crippen LogP contribution in [0.15, 0.2) is 48.7 Å². The summed E-state index contributed by atoms with van der Waals surface area (Å²) in [5, 5.41) is 2.72. The molecule has 0 saturated carbocycles. The molecule has 0 bridgehead atoms. The maximum absolute atomic E-state index is 12.5. The lowest BCUT2D eigenvalue weighted by molar-refractivity contribution is -0.132. The molecule has 21 heavy (non-hydrogen) atoms. The molecule has 0 saturated heterocycles. The third-order valence-corrected chi connectivity index (χ3v) is 3.30. The first-order valence-corrected chi connectivity index (χ1v) is 6.77. The molecule has 2 atom stereocenters. The molecule has 0 aromatic heterocycles. The number of allylic oxidation sites excluding steroid dienone is 2. The molecule has 1 aliphatic heterocycles. The van der Waals surface area contributed by atoms with Crippen molar-refractivity contribution >= 4 is 17.4 Å². The fraction of sp³-hybridized carbons (Fsp3) is 0.250. The number of carbonyl (C=O) groups is 2. The lowest BCUT2D eigenvalue weighted by Gasteiger charge is -2.24. The Hall–Kier alpha value is -2.40. The smallest absolute Gasteiger partial charge is 0.253 e. The number of rotatable bonds is 3. The second kappa shape index (κ2) is 6.37. The van der Waals surface area contributed by atoms with Crippen LogP contribution in [-0.4, -0.2) is 35.8 Å². The van der Waals surface area contributed by atoms with Crippen molar-refractivity contribution < 1.29 is 9.59 Å². The van der Waals surface area contributed by atoms with Crippen molar-refractivity contribution in [3.63, 3.8) is 0 Å². The van der Waals surface area contributed by atoms with Gasteiger partial charge < -0.3 is 16.0 Å². The van der Waals surface area contributed by atoms with Gasteiger partial charge in [-0.25, -0.2) is 0 Å². The van der Waals surface area contributed by atoms with Crippen LogP contribution in [0.25, 0.3) is 5.57 Å². The SMILES string of the molecule is CC(N)C(=O)N[C@@H]1C(=O)N(C)C=CC=C1c1ccccc1. The van der Waals surface area contributed by atoms with E-state index < -0.39 is 12.1 Å². The monoisotopic (exact) mass is 285 g/mol. The minimum atomic E-state index is -0.745. The van der Waals surface area contributed by atoms with Crippen LogP contribution in [0.1, 0.15) is 12.5 Å². The van der Waals surface area contributed by atoms with E-state index in [2.05, 4.69) is 5.32 Å². The van der Waals surface area contributed by atoms with Gasteiger partial charge in [-0.15, -0.1) is 0 Å². The third-order valence-electron chi connectivity index (χ3n) is 3.30. The number of benzene rings is 1. The average molecular weight is 285 g/mol. The van der Waals surface area contributed by atoms with Gasteiger partial charge in [-0.2, -0.15) is 0 Å². The molecule has 0 aliphatic carbocycles. The topological polar surface area (TPSA) is 75.4 Å². The van der Waals surface area contributed by atoms with E-state index in [-0.39, 0.29) is 11.8 Å². The van der Waals surface area contributed by atoms with Crippen LogP contribution in [0.5, 0.6) is 0 Å². The summed E-state index contributed by atoms with van der Waals surface area (Å²) < 4.78 is 0. The molecule has 3 N–H and O–H groups in total. The minimum Gasteiger partial charge on any atom is -0.339 e. The quantitative estimate of drug-likeness (QED) is 0.866. The van der Waals surface area contributed by atoms with Crippen molar-refractivity contribution in [2.75, 3.05) is 7.05 Å². The van der Waals surface area contributed by atoms with Crippen LogP contribution < -0.4 is 11.1 Å². The zero-order valence-electron chi connectivity index (χ0n) is 12.1. The van der Waals surface area contributed by atoms with Crippen molar-refractivity contribution in [3.05, 3.63) is 54.2 Å². The number of amides is 2. The van der Waals surface area contributed by atoms with E-state index in [0.29, 0.717) is 0 Å². The molecule has 1 aromatic rings. The molecule has 0 fully saturated rings. The highest BCUT2D eigenvalue weighted by molar-refractivity contribution is 6.00. The van der Waals surface area contributed by atoms with Crippen LogP contribution in [-0.2, 0) is 9.59 Å². The Kier molecular flexibility index (Phi) is 4.55. The van der Waals surface area contributed by atoms with E-state index in [1.54, 1.807) is 26.2 Å². The summed E-state index contributed by atoms with van der Waals surface area (Å²) in [5.74, 6) is -0.557. The Morgan fingerprint density at radius 2 is 2.00 bits per heavy atom. The molecular formula is C16H19N3O2. The van der Waals surface area contributed by atoms with Gasteiger partial charge in [0.2, 0.25) is 5.91 Å². The van der Waals surface area contributed by atoms with Gasteiger partial charge in [0, 0.05) is 13.2 Å². The number of hydrogen-bond donors (Lipinski definition) is 2. The molecule has 110 valence electrons. The van der Waals surface area contributed by atoms with Crippen molar-refractivity contribution in [2.24, 2.45) is 5.73 Å². The molecule has 0 spiro atoms. The van der Waals surface area contributed by atoms with Gasteiger partial charge in [-0.1, -0.05) is 36.4 Å². The molecule has 5 nitrogen and oxygen atoms in total. The lowest BCUT2D eigenvalue weighted by Crippen LogP contribution is -2.50. The van der Waals surface area contributed by atoms with Gasteiger partial charge in [-0.3, -0.25) is 9.59 Å². The summed E-state index contributed by atoms with van der Waals surface area (Å²) in [7, 11) is 1.66. The highest BCUT2D eigenvalue weighted by atomic mass is 16.2. The van der Waals surface area contributed by atoms with Crippen LogP contribution in [0.2, 0.25) is 0 Å². The highest BCUT2D eigenvalue weighted by Gasteiger charge is 2.29. The molecule has 2 amide bonds. The Bertz CT molecular complexity index is 591. The molecule has 1 unspecified atom stereocenters. The van der Waals surface area contributed by atoms with E-state index in [1.165, 1.54) is 4.90 Å². The third kappa shape index (κ3) is 3.38. The molecule has 0 radical (unpaired) electrons. The van der Waals surface area contributed by atoms with Crippen LogP contribution in [0.4, 0.5) is 0 Å². The number of hydrogen-bond acceptors (Lipinski definition) is 3. The standard InChI is InChI=1S/C16H19N3O2/c1-11(17)15(20)18-14-13(12-7-4-3-5-8-12)9-6-10-19(2)16(14)21/h3-11,14H,17H2,1-2H3,(H,18,20)/t11?,14-/m0/s1. The van der Waals surface area contributed by atoms with E-state index in [1.807, 2.05) is 36.4 Å². The Labute approximate surface area is 124 Å². The first-order valence-electron chi connectivity index (χ1n) is 6.77. The first-order chi connectivity index (χ1) is 10.0. The largest absolute Gasteiger partial charge is 0.339 e. The second-order valence-electron chi connectivity index (χ2n) is 5.01. The maximum atomic E-state index is 12.5. The zero-order valence-corrected chi connectivity index (χ0v) is 12.1. The average Bonchev–Trinajstić information content (AvgIpc) is 2.61. The van der Waals surface area contributed by atoms with E-state index in [0.717, 1.165) is 11.1 Å². The number of nitrogens with zero attached hydrogens (tertiary/aromatic N) is 1. The van der Waals surface area contributed by atoms with Crippen LogP contribution in [0, 0.1) is 0 Å². The van der Waals surface area contributed by atoms with Gasteiger partial charge in [-0.05, 0) is 24.1 Å². The zero-order chi connectivity index (χ0) is 15.4. The predicted molar refractivity (Wildman–Crippen MR) is 81.9 cm³/mol.